The van der Waals surface area contributed by atoms with Crippen LogP contribution in [0.5, 0.6) is 5.75 Å². The summed E-state index contributed by atoms with van der Waals surface area (Å²) in [6, 6.07) is 15.1. The minimum atomic E-state index is -0.261. The van der Waals surface area contributed by atoms with Crippen LogP contribution in [0.3, 0.4) is 0 Å². The molecule has 2 amide bonds. The molecule has 1 aliphatic heterocycles. The van der Waals surface area contributed by atoms with Crippen LogP contribution >= 0.6 is 0 Å². The lowest BCUT2D eigenvalue weighted by atomic mass is 9.93. The predicted molar refractivity (Wildman–Crippen MR) is 150 cm³/mol. The summed E-state index contributed by atoms with van der Waals surface area (Å²) < 4.78 is 16.4. The van der Waals surface area contributed by atoms with Crippen LogP contribution in [-0.4, -0.2) is 92.3 Å². The van der Waals surface area contributed by atoms with Gasteiger partial charge in [-0.1, -0.05) is 12.1 Å². The van der Waals surface area contributed by atoms with Crippen molar-refractivity contribution in [2.24, 2.45) is 0 Å². The van der Waals surface area contributed by atoms with Crippen molar-refractivity contribution in [2.45, 2.75) is 18.9 Å². The van der Waals surface area contributed by atoms with Gasteiger partial charge in [0.15, 0.2) is 0 Å². The van der Waals surface area contributed by atoms with Crippen molar-refractivity contribution in [1.29, 1.82) is 0 Å². The fraction of sp³-hybridized carbons (Fsp3) is 0.367. The van der Waals surface area contributed by atoms with Crippen molar-refractivity contribution >= 4 is 33.6 Å². The van der Waals surface area contributed by atoms with E-state index in [1.807, 2.05) is 61.5 Å². The monoisotopic (exact) mass is 530 g/mol. The van der Waals surface area contributed by atoms with Gasteiger partial charge in [0.05, 0.1) is 35.9 Å². The number of carbonyl (C=O) groups excluding carboxylic acids is 2. The Kier molecular flexibility index (Phi) is 7.92. The van der Waals surface area contributed by atoms with E-state index in [-0.39, 0.29) is 17.9 Å². The highest BCUT2D eigenvalue weighted by Crippen LogP contribution is 2.36. The highest BCUT2D eigenvalue weighted by molar-refractivity contribution is 6.28. The van der Waals surface area contributed by atoms with Gasteiger partial charge >= 0.3 is 0 Å². The fourth-order valence-electron chi connectivity index (χ4n) is 5.04. The van der Waals surface area contributed by atoms with Crippen molar-refractivity contribution < 1.29 is 23.8 Å². The van der Waals surface area contributed by atoms with E-state index >= 15 is 0 Å². The summed E-state index contributed by atoms with van der Waals surface area (Å²) in [6.45, 7) is 2.21. The molecule has 1 unspecified atom stereocenters. The molecule has 0 fully saturated rings. The van der Waals surface area contributed by atoms with Crippen molar-refractivity contribution in [3.63, 3.8) is 0 Å². The number of imide groups is 1. The summed E-state index contributed by atoms with van der Waals surface area (Å²) in [5.74, 6) is 0.925. The number of aromatic amines is 1. The second-order valence-electron chi connectivity index (χ2n) is 10.0. The van der Waals surface area contributed by atoms with Crippen LogP contribution in [0, 0.1) is 0 Å². The average molecular weight is 531 g/mol. The van der Waals surface area contributed by atoms with Crippen molar-refractivity contribution in [1.82, 2.24) is 19.8 Å². The third-order valence-corrected chi connectivity index (χ3v) is 7.07. The van der Waals surface area contributed by atoms with Crippen LogP contribution in [0.25, 0.3) is 33.2 Å². The number of ether oxygens (including phenoxy) is 3. The van der Waals surface area contributed by atoms with Crippen molar-refractivity contribution in [2.75, 3.05) is 54.6 Å². The lowest BCUT2D eigenvalue weighted by Gasteiger charge is -2.27. The number of amides is 2. The number of benzene rings is 3. The van der Waals surface area contributed by atoms with E-state index < -0.39 is 0 Å². The van der Waals surface area contributed by atoms with E-state index in [0.29, 0.717) is 48.5 Å². The van der Waals surface area contributed by atoms with Gasteiger partial charge in [-0.15, -0.1) is 0 Å². The molecule has 0 aliphatic carbocycles. The van der Waals surface area contributed by atoms with Crippen molar-refractivity contribution in [3.8, 4) is 17.1 Å². The number of fused-ring (bicyclic) bond motifs is 2. The minimum absolute atomic E-state index is 0.00612. The molecule has 9 heteroatoms. The minimum Gasteiger partial charge on any atom is -0.493 e. The van der Waals surface area contributed by atoms with Gasteiger partial charge in [0.1, 0.15) is 11.6 Å². The Labute approximate surface area is 227 Å². The van der Waals surface area contributed by atoms with Gasteiger partial charge in [-0.2, -0.15) is 0 Å². The Morgan fingerprint density at radius 2 is 1.79 bits per heavy atom. The number of methoxy groups -OCH3 is 2. The number of hydrogen-bond acceptors (Lipinski definition) is 7. The standard InChI is InChI=1S/C30H34N4O5/c1-33(2)14-6-15-34-29(35)23-8-5-7-22-26(23)24(30(34)36)17-25-27(22)32-28(31-25)19-9-11-20(12-10-19)39-16-13-21(38-4)18-37-3/h5,7-12,17,21H,6,13-16,18H2,1-4H3,(H,31,32). The zero-order chi connectivity index (χ0) is 27.5. The Morgan fingerprint density at radius 3 is 2.51 bits per heavy atom. The third kappa shape index (κ3) is 5.38. The molecular weight excluding hydrogens is 496 g/mol. The van der Waals surface area contributed by atoms with E-state index in [9.17, 15) is 9.59 Å². The number of nitrogens with zero attached hydrogens (tertiary/aromatic N) is 3. The van der Waals surface area contributed by atoms with Gasteiger partial charge in [0, 0.05) is 49.1 Å². The number of hydrogen-bond donors (Lipinski definition) is 1. The average Bonchev–Trinajstić information content (AvgIpc) is 3.37. The first-order chi connectivity index (χ1) is 18.9. The predicted octanol–water partition coefficient (Wildman–Crippen LogP) is 4.36. The maximum atomic E-state index is 13.5. The first kappa shape index (κ1) is 26.8. The van der Waals surface area contributed by atoms with Crippen LogP contribution in [0.15, 0.2) is 48.5 Å². The lowest BCUT2D eigenvalue weighted by Crippen LogP contribution is -2.41. The van der Waals surface area contributed by atoms with Gasteiger partial charge in [-0.05, 0) is 63.5 Å². The quantitative estimate of drug-likeness (QED) is 0.272. The van der Waals surface area contributed by atoms with E-state index in [1.165, 1.54) is 4.90 Å². The van der Waals surface area contributed by atoms with E-state index in [1.54, 1.807) is 20.3 Å². The second-order valence-corrected chi connectivity index (χ2v) is 10.0. The first-order valence-electron chi connectivity index (χ1n) is 13.1. The Hall–Kier alpha value is -3.79. The van der Waals surface area contributed by atoms with Crippen LogP contribution in [0.1, 0.15) is 33.6 Å². The highest BCUT2D eigenvalue weighted by atomic mass is 16.5. The molecule has 0 bridgehead atoms. The molecule has 0 saturated heterocycles. The van der Waals surface area contributed by atoms with Gasteiger partial charge in [-0.3, -0.25) is 14.5 Å². The maximum absolute atomic E-state index is 13.5. The van der Waals surface area contributed by atoms with Gasteiger partial charge in [0.25, 0.3) is 11.8 Å². The number of aromatic nitrogens is 2. The number of carbonyl (C=O) groups is 2. The molecule has 39 heavy (non-hydrogen) atoms. The second kappa shape index (κ2) is 11.5. The fourth-order valence-corrected chi connectivity index (χ4v) is 5.04. The summed E-state index contributed by atoms with van der Waals surface area (Å²) in [4.78, 5) is 38.4. The molecule has 0 saturated carbocycles. The molecule has 1 atom stereocenters. The largest absolute Gasteiger partial charge is 0.493 e. The molecule has 0 radical (unpaired) electrons. The molecule has 5 rings (SSSR count). The zero-order valence-electron chi connectivity index (χ0n) is 22.8. The van der Waals surface area contributed by atoms with Crippen LogP contribution in [0.2, 0.25) is 0 Å². The molecule has 1 aliphatic rings. The molecule has 9 nitrogen and oxygen atoms in total. The molecule has 2 heterocycles. The van der Waals surface area contributed by atoms with Gasteiger partial charge in [0.2, 0.25) is 0 Å². The molecule has 0 spiro atoms. The normalized spacial score (nSPS) is 14.1. The highest BCUT2D eigenvalue weighted by Gasteiger charge is 2.33. The number of nitrogens with one attached hydrogen (secondary N) is 1. The molecule has 3 aromatic carbocycles. The topological polar surface area (TPSA) is 97.0 Å². The molecular formula is C30H34N4O5. The van der Waals surface area contributed by atoms with Crippen LogP contribution in [0.4, 0.5) is 0 Å². The Bertz CT molecular complexity index is 1500. The summed E-state index contributed by atoms with van der Waals surface area (Å²) >= 11 is 0. The third-order valence-electron chi connectivity index (χ3n) is 7.07. The molecule has 204 valence electrons. The number of imidazole rings is 1. The molecule has 1 N–H and O–H groups in total. The summed E-state index contributed by atoms with van der Waals surface area (Å²) in [5, 5.41) is 1.47. The number of H-pyrrole nitrogens is 1. The van der Waals surface area contributed by atoms with Crippen LogP contribution < -0.4 is 4.74 Å². The Morgan fingerprint density at radius 1 is 1.03 bits per heavy atom. The molecule has 1 aromatic heterocycles. The number of rotatable bonds is 12. The maximum Gasteiger partial charge on any atom is 0.261 e. The zero-order valence-corrected chi connectivity index (χ0v) is 22.8. The van der Waals surface area contributed by atoms with Crippen LogP contribution in [-0.2, 0) is 9.47 Å². The summed E-state index contributed by atoms with van der Waals surface area (Å²) in [5.41, 5.74) is 3.45. The van der Waals surface area contributed by atoms with E-state index in [4.69, 9.17) is 19.2 Å². The Balaban J connectivity index is 1.41. The smallest absolute Gasteiger partial charge is 0.261 e. The lowest BCUT2D eigenvalue weighted by molar-refractivity contribution is 0.0161. The van der Waals surface area contributed by atoms with Gasteiger partial charge < -0.3 is 24.1 Å². The molecule has 4 aromatic rings. The van der Waals surface area contributed by atoms with E-state index in [0.717, 1.165) is 40.7 Å². The van der Waals surface area contributed by atoms with Crippen molar-refractivity contribution in [3.05, 3.63) is 59.7 Å². The first-order valence-corrected chi connectivity index (χ1v) is 13.1. The van der Waals surface area contributed by atoms with E-state index in [2.05, 4.69) is 4.98 Å². The summed E-state index contributed by atoms with van der Waals surface area (Å²) in [6.07, 6.45) is 1.43. The SMILES string of the molecule is COCC(CCOc1ccc(-c2nc3c(cc4c5c(cccc53)C(=O)N(CCCN(C)C)C4=O)[nH]2)cc1)OC. The summed E-state index contributed by atoms with van der Waals surface area (Å²) in [7, 11) is 7.27. The van der Waals surface area contributed by atoms with Gasteiger partial charge in [-0.25, -0.2) is 4.98 Å².